The first kappa shape index (κ1) is 16.4. The normalized spacial score (nSPS) is 12.7. The zero-order valence-corrected chi connectivity index (χ0v) is 11.2. The van der Waals surface area contributed by atoms with Crippen molar-refractivity contribution in [2.45, 2.75) is 11.9 Å². The Morgan fingerprint density at radius 1 is 1.30 bits per heavy atom. The highest BCUT2D eigenvalue weighted by atomic mass is 32.2. The minimum Gasteiger partial charge on any atom is -0.478 e. The van der Waals surface area contributed by atoms with Crippen molar-refractivity contribution in [2.75, 3.05) is 13.6 Å². The van der Waals surface area contributed by atoms with Gasteiger partial charge < -0.3 is 5.11 Å². The second kappa shape index (κ2) is 5.80. The van der Waals surface area contributed by atoms with Crippen LogP contribution >= 0.6 is 0 Å². The highest BCUT2D eigenvalue weighted by Crippen LogP contribution is 2.26. The Bertz CT molecular complexity index is 598. The van der Waals surface area contributed by atoms with E-state index in [1.54, 1.807) is 0 Å². The van der Waals surface area contributed by atoms with E-state index in [-0.39, 0.29) is 21.9 Å². The van der Waals surface area contributed by atoms with Gasteiger partial charge in [0, 0.05) is 13.6 Å². The number of carboxylic acid groups (broad SMARTS) is 1. The SMILES string of the molecule is CN(CCc1ccccc1C(=O)O)S(=O)(=O)C(F)(F)F. The van der Waals surface area contributed by atoms with E-state index in [0.717, 1.165) is 7.05 Å². The molecule has 5 nitrogen and oxygen atoms in total. The molecule has 1 N–H and O–H groups in total. The first-order valence-electron chi connectivity index (χ1n) is 5.41. The van der Waals surface area contributed by atoms with Crippen molar-refractivity contribution in [3.8, 4) is 0 Å². The molecule has 1 aromatic rings. The van der Waals surface area contributed by atoms with Gasteiger partial charge in [0.1, 0.15) is 0 Å². The van der Waals surface area contributed by atoms with Crippen molar-refractivity contribution in [1.82, 2.24) is 4.31 Å². The quantitative estimate of drug-likeness (QED) is 0.898. The van der Waals surface area contributed by atoms with Crippen molar-refractivity contribution in [1.29, 1.82) is 0 Å². The standard InChI is InChI=1S/C11H12F3NO4S/c1-15(20(18,19)11(12,13)14)7-6-8-4-2-3-5-9(8)10(16)17/h2-5H,6-7H2,1H3,(H,16,17). The minimum atomic E-state index is -5.39. The number of carboxylic acids is 1. The van der Waals surface area contributed by atoms with Crippen LogP contribution in [0, 0.1) is 0 Å². The van der Waals surface area contributed by atoms with Crippen LogP contribution in [-0.4, -0.2) is 42.9 Å². The van der Waals surface area contributed by atoms with E-state index in [1.165, 1.54) is 24.3 Å². The van der Waals surface area contributed by atoms with Gasteiger partial charge in [-0.2, -0.15) is 17.5 Å². The maximum Gasteiger partial charge on any atom is 0.511 e. The van der Waals surface area contributed by atoms with E-state index in [2.05, 4.69) is 0 Å². The molecule has 0 fully saturated rings. The predicted octanol–water partition coefficient (Wildman–Crippen LogP) is 1.71. The summed E-state index contributed by atoms with van der Waals surface area (Å²) in [7, 11) is -4.60. The zero-order valence-electron chi connectivity index (χ0n) is 10.4. The Kier molecular flexibility index (Phi) is 4.77. The molecule has 0 heterocycles. The summed E-state index contributed by atoms with van der Waals surface area (Å²) < 4.78 is 59.2. The monoisotopic (exact) mass is 311 g/mol. The lowest BCUT2D eigenvalue weighted by atomic mass is 10.1. The van der Waals surface area contributed by atoms with E-state index >= 15 is 0 Å². The van der Waals surface area contributed by atoms with Crippen molar-refractivity contribution < 1.29 is 31.5 Å². The number of sulfonamides is 1. The fourth-order valence-electron chi connectivity index (χ4n) is 1.52. The van der Waals surface area contributed by atoms with Crippen molar-refractivity contribution in [2.24, 2.45) is 0 Å². The summed E-state index contributed by atoms with van der Waals surface area (Å²) in [6, 6.07) is 5.73. The third-order valence-electron chi connectivity index (χ3n) is 2.65. The number of alkyl halides is 3. The topological polar surface area (TPSA) is 74.7 Å². The molecule has 0 saturated carbocycles. The van der Waals surface area contributed by atoms with Gasteiger partial charge >= 0.3 is 21.5 Å². The highest BCUT2D eigenvalue weighted by Gasteiger charge is 2.48. The Morgan fingerprint density at radius 3 is 2.35 bits per heavy atom. The number of hydrogen-bond donors (Lipinski definition) is 1. The zero-order chi connectivity index (χ0) is 15.6. The first-order chi connectivity index (χ1) is 9.07. The number of rotatable bonds is 5. The lowest BCUT2D eigenvalue weighted by Crippen LogP contribution is -2.39. The number of nitrogens with zero attached hydrogens (tertiary/aromatic N) is 1. The van der Waals surface area contributed by atoms with Crippen LogP contribution in [0.4, 0.5) is 13.2 Å². The van der Waals surface area contributed by atoms with Gasteiger partial charge in [-0.05, 0) is 18.1 Å². The van der Waals surface area contributed by atoms with Crippen molar-refractivity contribution in [3.63, 3.8) is 0 Å². The number of likely N-dealkylation sites (N-methyl/N-ethyl adjacent to an activating group) is 1. The molecule has 0 aliphatic carbocycles. The molecule has 0 amide bonds. The molecule has 1 rings (SSSR count). The van der Waals surface area contributed by atoms with Crippen LogP contribution in [0.2, 0.25) is 0 Å². The van der Waals surface area contributed by atoms with Gasteiger partial charge in [-0.25, -0.2) is 13.2 Å². The van der Waals surface area contributed by atoms with Gasteiger partial charge in [0.25, 0.3) is 0 Å². The van der Waals surface area contributed by atoms with E-state index < -0.39 is 28.0 Å². The summed E-state index contributed by atoms with van der Waals surface area (Å²) in [6.07, 6.45) is -0.131. The minimum absolute atomic E-state index is 0.0645. The van der Waals surface area contributed by atoms with Gasteiger partial charge in [-0.15, -0.1) is 0 Å². The molecule has 0 aromatic heterocycles. The summed E-state index contributed by atoms with van der Waals surface area (Å²) in [5, 5.41) is 8.91. The number of benzene rings is 1. The average Bonchev–Trinajstić information content (AvgIpc) is 2.34. The molecule has 0 unspecified atom stereocenters. The summed E-state index contributed by atoms with van der Waals surface area (Å²) in [6.45, 7) is -0.466. The lowest BCUT2D eigenvalue weighted by Gasteiger charge is -2.19. The number of hydrogen-bond acceptors (Lipinski definition) is 3. The molecule has 112 valence electrons. The Hall–Kier alpha value is -1.61. The number of aromatic carboxylic acids is 1. The molecule has 0 aliphatic rings. The molecule has 0 aliphatic heterocycles. The Labute approximate surface area is 113 Å². The predicted molar refractivity (Wildman–Crippen MR) is 64.7 cm³/mol. The van der Waals surface area contributed by atoms with E-state index in [1.807, 2.05) is 0 Å². The smallest absolute Gasteiger partial charge is 0.478 e. The summed E-state index contributed by atoms with van der Waals surface area (Å²) in [5.74, 6) is -1.22. The average molecular weight is 311 g/mol. The molecule has 0 atom stereocenters. The summed E-state index contributed by atoms with van der Waals surface area (Å²) in [4.78, 5) is 10.9. The fourth-order valence-corrected chi connectivity index (χ4v) is 2.21. The van der Waals surface area contributed by atoms with Gasteiger partial charge in [-0.3, -0.25) is 0 Å². The lowest BCUT2D eigenvalue weighted by molar-refractivity contribution is -0.0482. The van der Waals surface area contributed by atoms with Crippen molar-refractivity contribution >= 4 is 16.0 Å². The fraction of sp³-hybridized carbons (Fsp3) is 0.364. The van der Waals surface area contributed by atoms with Gasteiger partial charge in [0.15, 0.2) is 0 Å². The molecule has 9 heteroatoms. The second-order valence-corrected chi connectivity index (χ2v) is 6.02. The van der Waals surface area contributed by atoms with Crippen LogP contribution in [0.5, 0.6) is 0 Å². The Morgan fingerprint density at radius 2 is 1.85 bits per heavy atom. The maximum atomic E-state index is 12.3. The van der Waals surface area contributed by atoms with Gasteiger partial charge in [0.05, 0.1) is 5.56 Å². The molecule has 0 radical (unpaired) electrons. The summed E-state index contributed by atoms with van der Waals surface area (Å²) >= 11 is 0. The summed E-state index contributed by atoms with van der Waals surface area (Å²) in [5.41, 5.74) is -5.16. The maximum absolute atomic E-state index is 12.3. The van der Waals surface area contributed by atoms with E-state index in [4.69, 9.17) is 5.11 Å². The Balaban J connectivity index is 2.86. The van der Waals surface area contributed by atoms with Crippen LogP contribution in [0.1, 0.15) is 15.9 Å². The molecule has 20 heavy (non-hydrogen) atoms. The van der Waals surface area contributed by atoms with Crippen LogP contribution in [0.3, 0.4) is 0 Å². The van der Waals surface area contributed by atoms with Crippen LogP contribution < -0.4 is 0 Å². The van der Waals surface area contributed by atoms with Gasteiger partial charge in [0.2, 0.25) is 0 Å². The third kappa shape index (κ3) is 3.48. The van der Waals surface area contributed by atoms with Crippen LogP contribution in [0.25, 0.3) is 0 Å². The first-order valence-corrected chi connectivity index (χ1v) is 6.85. The highest BCUT2D eigenvalue weighted by molar-refractivity contribution is 7.89. The molecule has 1 aromatic carbocycles. The molecule has 0 bridgehead atoms. The molecular formula is C11H12F3NO4S. The van der Waals surface area contributed by atoms with E-state index in [9.17, 15) is 26.4 Å². The largest absolute Gasteiger partial charge is 0.511 e. The van der Waals surface area contributed by atoms with Crippen LogP contribution in [0.15, 0.2) is 24.3 Å². The van der Waals surface area contributed by atoms with Crippen LogP contribution in [-0.2, 0) is 16.4 Å². The van der Waals surface area contributed by atoms with Crippen molar-refractivity contribution in [3.05, 3.63) is 35.4 Å². The molecule has 0 spiro atoms. The molecular weight excluding hydrogens is 299 g/mol. The number of halogens is 3. The van der Waals surface area contributed by atoms with E-state index in [0.29, 0.717) is 0 Å². The number of carbonyl (C=O) groups is 1. The third-order valence-corrected chi connectivity index (χ3v) is 4.23. The second-order valence-electron chi connectivity index (χ2n) is 3.98. The van der Waals surface area contributed by atoms with Gasteiger partial charge in [-0.1, -0.05) is 18.2 Å². The molecule has 0 saturated heterocycles.